The van der Waals surface area contributed by atoms with Crippen molar-refractivity contribution in [2.75, 3.05) is 5.73 Å². The zero-order chi connectivity index (χ0) is 14.2. The molecule has 98 valence electrons. The molecule has 0 spiro atoms. The van der Waals surface area contributed by atoms with E-state index < -0.39 is 9.85 Å². The Balaban J connectivity index is 2.62. The first-order valence-corrected chi connectivity index (χ1v) is 5.14. The number of aromatic nitrogens is 2. The summed E-state index contributed by atoms with van der Waals surface area (Å²) in [6.07, 6.45) is 1.54. The monoisotopic (exact) mass is 263 g/mol. The van der Waals surface area contributed by atoms with Crippen molar-refractivity contribution in [3.8, 4) is 5.69 Å². The van der Waals surface area contributed by atoms with Crippen LogP contribution in [0.15, 0.2) is 24.4 Å². The van der Waals surface area contributed by atoms with Crippen LogP contribution in [0.2, 0.25) is 0 Å². The van der Waals surface area contributed by atoms with Crippen LogP contribution in [0, 0.1) is 27.2 Å². The molecular weight excluding hydrogens is 254 g/mol. The van der Waals surface area contributed by atoms with Gasteiger partial charge in [0.05, 0.1) is 21.6 Å². The van der Waals surface area contributed by atoms with Crippen molar-refractivity contribution >= 4 is 17.2 Å². The molecule has 0 aliphatic heterocycles. The number of benzene rings is 1. The molecule has 9 heteroatoms. The van der Waals surface area contributed by atoms with Gasteiger partial charge in [-0.15, -0.1) is 0 Å². The Hall–Kier alpha value is -2.97. The van der Waals surface area contributed by atoms with E-state index in [1.165, 1.54) is 23.0 Å². The number of hydrogen-bond donors (Lipinski definition) is 1. The number of anilines is 1. The Morgan fingerprint density at radius 3 is 2.05 bits per heavy atom. The normalized spacial score (nSPS) is 10.4. The molecule has 1 aromatic heterocycles. The van der Waals surface area contributed by atoms with Crippen LogP contribution >= 0.6 is 0 Å². The van der Waals surface area contributed by atoms with Gasteiger partial charge in [0, 0.05) is 23.9 Å². The lowest BCUT2D eigenvalue weighted by atomic mass is 10.2. The molecule has 2 N–H and O–H groups in total. The number of rotatable bonds is 3. The number of non-ortho nitro benzene ring substituents is 2. The van der Waals surface area contributed by atoms with E-state index in [2.05, 4.69) is 5.10 Å². The van der Waals surface area contributed by atoms with E-state index in [0.29, 0.717) is 5.56 Å². The number of aryl methyl sites for hydroxylation is 1. The Kier molecular flexibility index (Phi) is 2.87. The second-order valence-corrected chi connectivity index (χ2v) is 3.86. The van der Waals surface area contributed by atoms with Crippen molar-refractivity contribution < 1.29 is 9.85 Å². The van der Waals surface area contributed by atoms with Crippen LogP contribution in [-0.4, -0.2) is 19.6 Å². The quantitative estimate of drug-likeness (QED) is 0.660. The van der Waals surface area contributed by atoms with Gasteiger partial charge >= 0.3 is 0 Å². The third kappa shape index (κ3) is 2.34. The molecule has 0 aliphatic carbocycles. The minimum absolute atomic E-state index is 0.209. The summed E-state index contributed by atoms with van der Waals surface area (Å²) in [5.74, 6) is 0.258. The molecule has 0 saturated carbocycles. The molecule has 0 atom stereocenters. The van der Waals surface area contributed by atoms with Gasteiger partial charge in [0.2, 0.25) is 0 Å². The highest BCUT2D eigenvalue weighted by Gasteiger charge is 2.18. The number of nitrogen functional groups attached to an aromatic ring is 1. The van der Waals surface area contributed by atoms with E-state index >= 15 is 0 Å². The molecule has 1 aromatic carbocycles. The van der Waals surface area contributed by atoms with Gasteiger partial charge in [0.25, 0.3) is 11.4 Å². The minimum Gasteiger partial charge on any atom is -0.382 e. The van der Waals surface area contributed by atoms with Gasteiger partial charge in [-0.2, -0.15) is 5.10 Å². The molecule has 2 rings (SSSR count). The average molecular weight is 263 g/mol. The summed E-state index contributed by atoms with van der Waals surface area (Å²) in [4.78, 5) is 20.1. The lowest BCUT2D eigenvalue weighted by molar-refractivity contribution is -0.394. The van der Waals surface area contributed by atoms with Gasteiger partial charge in [0.1, 0.15) is 5.82 Å². The predicted molar refractivity (Wildman–Crippen MR) is 66.0 cm³/mol. The first kappa shape index (κ1) is 12.5. The van der Waals surface area contributed by atoms with E-state index in [4.69, 9.17) is 5.73 Å². The zero-order valence-electron chi connectivity index (χ0n) is 9.81. The van der Waals surface area contributed by atoms with Crippen molar-refractivity contribution in [1.29, 1.82) is 0 Å². The third-order valence-electron chi connectivity index (χ3n) is 2.51. The van der Waals surface area contributed by atoms with Crippen LogP contribution in [0.4, 0.5) is 17.2 Å². The van der Waals surface area contributed by atoms with Crippen molar-refractivity contribution in [3.63, 3.8) is 0 Å². The summed E-state index contributed by atoms with van der Waals surface area (Å²) in [7, 11) is 0. The Morgan fingerprint density at radius 1 is 1.16 bits per heavy atom. The van der Waals surface area contributed by atoms with Crippen molar-refractivity contribution in [3.05, 3.63) is 50.2 Å². The molecular formula is C10H9N5O4. The van der Waals surface area contributed by atoms with Crippen molar-refractivity contribution in [1.82, 2.24) is 9.78 Å². The molecule has 0 aliphatic rings. The van der Waals surface area contributed by atoms with Crippen molar-refractivity contribution in [2.45, 2.75) is 6.92 Å². The molecule has 1 heterocycles. The van der Waals surface area contributed by atoms with Gasteiger partial charge in [-0.3, -0.25) is 20.2 Å². The zero-order valence-corrected chi connectivity index (χ0v) is 9.81. The highest BCUT2D eigenvalue weighted by Crippen LogP contribution is 2.25. The van der Waals surface area contributed by atoms with Crippen LogP contribution in [0.3, 0.4) is 0 Å². The standard InChI is InChI=1S/C10H9N5O4/c1-6-5-13(12-10(6)11)7-2-8(14(16)17)4-9(3-7)15(18)19/h2-5H,1H3,(H2,11,12). The number of nitro groups is 2. The van der Waals surface area contributed by atoms with Gasteiger partial charge in [0.15, 0.2) is 0 Å². The molecule has 0 radical (unpaired) electrons. The first-order valence-electron chi connectivity index (χ1n) is 5.14. The van der Waals surface area contributed by atoms with Gasteiger partial charge in [-0.1, -0.05) is 0 Å². The molecule has 9 nitrogen and oxygen atoms in total. The average Bonchev–Trinajstić information content (AvgIpc) is 2.69. The van der Waals surface area contributed by atoms with Crippen LogP contribution in [0.1, 0.15) is 5.56 Å². The smallest absolute Gasteiger partial charge is 0.278 e. The third-order valence-corrected chi connectivity index (χ3v) is 2.51. The number of hydrogen-bond acceptors (Lipinski definition) is 6. The number of nitrogens with zero attached hydrogens (tertiary/aromatic N) is 4. The summed E-state index contributed by atoms with van der Waals surface area (Å²) >= 11 is 0. The van der Waals surface area contributed by atoms with Crippen LogP contribution in [0.25, 0.3) is 5.69 Å². The molecule has 0 unspecified atom stereocenters. The number of nitro benzene ring substituents is 2. The fraction of sp³-hybridized carbons (Fsp3) is 0.100. The number of nitrogens with two attached hydrogens (primary N) is 1. The Bertz CT molecular complexity index is 627. The van der Waals surface area contributed by atoms with E-state index in [-0.39, 0.29) is 22.9 Å². The van der Waals surface area contributed by atoms with Crippen LogP contribution in [0.5, 0.6) is 0 Å². The molecule has 0 fully saturated rings. The fourth-order valence-corrected chi connectivity index (χ4v) is 1.53. The van der Waals surface area contributed by atoms with E-state index in [1.54, 1.807) is 6.92 Å². The van der Waals surface area contributed by atoms with Crippen molar-refractivity contribution in [2.24, 2.45) is 0 Å². The second kappa shape index (κ2) is 4.37. The minimum atomic E-state index is -0.698. The van der Waals surface area contributed by atoms with Crippen LogP contribution in [-0.2, 0) is 0 Å². The van der Waals surface area contributed by atoms with Crippen LogP contribution < -0.4 is 5.73 Å². The molecule has 0 saturated heterocycles. The topological polar surface area (TPSA) is 130 Å². The first-order chi connectivity index (χ1) is 8.88. The Morgan fingerprint density at radius 2 is 1.68 bits per heavy atom. The maximum atomic E-state index is 10.8. The van der Waals surface area contributed by atoms with E-state index in [9.17, 15) is 20.2 Å². The van der Waals surface area contributed by atoms with Gasteiger partial charge < -0.3 is 5.73 Å². The molecule has 0 bridgehead atoms. The highest BCUT2D eigenvalue weighted by molar-refractivity contribution is 5.53. The lowest BCUT2D eigenvalue weighted by Gasteiger charge is -2.01. The highest BCUT2D eigenvalue weighted by atomic mass is 16.6. The molecule has 0 amide bonds. The lowest BCUT2D eigenvalue weighted by Crippen LogP contribution is -2.00. The Labute approximate surface area is 106 Å². The van der Waals surface area contributed by atoms with Gasteiger partial charge in [-0.05, 0) is 6.92 Å². The summed E-state index contributed by atoms with van der Waals surface area (Å²) in [6, 6.07) is 3.28. The summed E-state index contributed by atoms with van der Waals surface area (Å²) in [5, 5.41) is 25.5. The molecule has 19 heavy (non-hydrogen) atoms. The SMILES string of the molecule is Cc1cn(-c2cc([N+](=O)[O-])cc([N+](=O)[O-])c2)nc1N. The second-order valence-electron chi connectivity index (χ2n) is 3.86. The fourth-order valence-electron chi connectivity index (χ4n) is 1.53. The summed E-state index contributed by atoms with van der Waals surface area (Å²) in [5.41, 5.74) is 5.70. The van der Waals surface area contributed by atoms with Gasteiger partial charge in [-0.25, -0.2) is 4.68 Å². The summed E-state index contributed by atoms with van der Waals surface area (Å²) in [6.45, 7) is 1.71. The van der Waals surface area contributed by atoms with E-state index in [1.807, 2.05) is 0 Å². The summed E-state index contributed by atoms with van der Waals surface area (Å²) < 4.78 is 1.27. The maximum Gasteiger partial charge on any atom is 0.278 e. The predicted octanol–water partition coefficient (Wildman–Crippen LogP) is 1.58. The molecule has 2 aromatic rings. The largest absolute Gasteiger partial charge is 0.382 e. The maximum absolute atomic E-state index is 10.8. The van der Waals surface area contributed by atoms with E-state index in [0.717, 1.165) is 6.07 Å².